The van der Waals surface area contributed by atoms with Gasteiger partial charge in [0.1, 0.15) is 0 Å². The maximum absolute atomic E-state index is 10.3. The van der Waals surface area contributed by atoms with Crippen LogP contribution in [0.2, 0.25) is 5.02 Å². The molecule has 1 rings (SSSR count). The molecule has 0 bridgehead atoms. The van der Waals surface area contributed by atoms with Gasteiger partial charge in [-0.2, -0.15) is 0 Å². The number of rotatable bonds is 1. The van der Waals surface area contributed by atoms with E-state index in [1.54, 1.807) is 18.2 Å². The van der Waals surface area contributed by atoms with E-state index in [0.717, 1.165) is 0 Å². The number of halogens is 1. The molecule has 0 spiro atoms. The number of carboxylic acid groups (broad SMARTS) is 1. The summed E-state index contributed by atoms with van der Waals surface area (Å²) in [6, 6.07) is 6.33. The van der Waals surface area contributed by atoms with Gasteiger partial charge in [0.2, 0.25) is 0 Å². The Morgan fingerprint density at radius 1 is 1.36 bits per heavy atom. The molecule has 4 heteroatoms. The van der Waals surface area contributed by atoms with Gasteiger partial charge in [0.15, 0.2) is 0 Å². The first kappa shape index (κ1) is 11.6. The average Bonchev–Trinajstić information content (AvgIpc) is 1.88. The summed E-state index contributed by atoms with van der Waals surface area (Å²) < 4.78 is 0. The Labute approximate surface area is 112 Å². The van der Waals surface area contributed by atoms with E-state index in [0.29, 0.717) is 0 Å². The molecule has 0 aromatic heterocycles. The fourth-order valence-electron chi connectivity index (χ4n) is 0.635. The van der Waals surface area contributed by atoms with Crippen LogP contribution < -0.4 is 0 Å². The normalized spacial score (nSPS) is 8.45. The van der Waals surface area contributed by atoms with Crippen LogP contribution in [0, 0.1) is 0 Å². The van der Waals surface area contributed by atoms with Crippen LogP contribution >= 0.6 is 11.6 Å². The molecule has 0 amide bonds. The van der Waals surface area contributed by atoms with E-state index in [4.69, 9.17) is 16.7 Å². The van der Waals surface area contributed by atoms with Crippen LogP contribution in [0.1, 0.15) is 10.4 Å². The Hall–Kier alpha value is 0.616. The molecule has 0 fully saturated rings. The van der Waals surface area contributed by atoms with Crippen molar-refractivity contribution in [2.45, 2.75) is 0 Å². The predicted octanol–water partition coefficient (Wildman–Crippen LogP) is 1.39. The Morgan fingerprint density at radius 2 is 1.91 bits per heavy atom. The van der Waals surface area contributed by atoms with Crippen molar-refractivity contribution >= 4 is 69.0 Å². The molecule has 1 aromatic carbocycles. The van der Waals surface area contributed by atoms with Crippen LogP contribution in [0.15, 0.2) is 24.3 Å². The molecule has 2 nitrogen and oxygen atoms in total. The molecule has 0 aliphatic heterocycles. The molecule has 0 saturated carbocycles. The number of hydrogen-bond donors (Lipinski definition) is 1. The van der Waals surface area contributed by atoms with Crippen LogP contribution in [-0.2, 0) is 0 Å². The van der Waals surface area contributed by atoms with Crippen LogP contribution in [0.3, 0.4) is 0 Å². The third-order valence-electron chi connectivity index (χ3n) is 1.10. The zero-order valence-electron chi connectivity index (χ0n) is 5.04. The quantitative estimate of drug-likeness (QED) is 0.690. The Bertz CT molecular complexity index is 262. The molecule has 54 valence electrons. The van der Waals surface area contributed by atoms with E-state index < -0.39 is 5.97 Å². The standard InChI is InChI=1S/C7H5ClO2.K.H/c8-6-4-2-1-3-5(6)7(9)10;;/h1-4H,(H,9,10);;. The summed E-state index contributed by atoms with van der Waals surface area (Å²) in [4.78, 5) is 10.3. The molecule has 0 unspecified atom stereocenters. The summed E-state index contributed by atoms with van der Waals surface area (Å²) in [5, 5.41) is 8.75. The maximum atomic E-state index is 10.3. The first-order valence-electron chi connectivity index (χ1n) is 2.69. The van der Waals surface area contributed by atoms with Gasteiger partial charge in [-0.3, -0.25) is 0 Å². The molecule has 0 aliphatic carbocycles. The first-order valence-corrected chi connectivity index (χ1v) is 3.07. The SMILES string of the molecule is O=C(O)c1ccccc1Cl.[KH]. The summed E-state index contributed by atoms with van der Waals surface area (Å²) >= 11 is 5.54. The molecular weight excluding hydrogens is 191 g/mol. The van der Waals surface area contributed by atoms with Gasteiger partial charge in [-0.05, 0) is 12.1 Å². The second-order valence-electron chi connectivity index (χ2n) is 1.78. The molecule has 1 N–H and O–H groups in total. The van der Waals surface area contributed by atoms with Gasteiger partial charge in [-0.1, -0.05) is 23.7 Å². The molecule has 0 saturated heterocycles. The van der Waals surface area contributed by atoms with Gasteiger partial charge >= 0.3 is 57.4 Å². The van der Waals surface area contributed by atoms with E-state index in [-0.39, 0.29) is 62.0 Å². The van der Waals surface area contributed by atoms with Crippen LogP contribution in [0.25, 0.3) is 0 Å². The van der Waals surface area contributed by atoms with Crippen molar-refractivity contribution in [3.63, 3.8) is 0 Å². The molecule has 11 heavy (non-hydrogen) atoms. The summed E-state index contributed by atoms with van der Waals surface area (Å²) in [5.74, 6) is -0.995. The molecule has 0 heterocycles. The van der Waals surface area contributed by atoms with Crippen LogP contribution in [0.4, 0.5) is 0 Å². The van der Waals surface area contributed by atoms with Crippen molar-refractivity contribution in [3.05, 3.63) is 34.9 Å². The fourth-order valence-corrected chi connectivity index (χ4v) is 0.851. The zero-order chi connectivity index (χ0) is 7.56. The molecule has 0 atom stereocenters. The number of hydrogen-bond acceptors (Lipinski definition) is 1. The fraction of sp³-hybridized carbons (Fsp3) is 0. The summed E-state index contributed by atoms with van der Waals surface area (Å²) in [6.45, 7) is 0. The molecule has 1 aromatic rings. The first-order chi connectivity index (χ1) is 4.72. The summed E-state index contributed by atoms with van der Waals surface area (Å²) in [5.41, 5.74) is 0.143. The van der Waals surface area contributed by atoms with Crippen molar-refractivity contribution in [1.82, 2.24) is 0 Å². The topological polar surface area (TPSA) is 37.3 Å². The summed E-state index contributed by atoms with van der Waals surface area (Å²) in [7, 11) is 0. The average molecular weight is 197 g/mol. The number of benzene rings is 1. The summed E-state index contributed by atoms with van der Waals surface area (Å²) in [6.07, 6.45) is 0. The van der Waals surface area contributed by atoms with Gasteiger partial charge in [0.25, 0.3) is 0 Å². The zero-order valence-corrected chi connectivity index (χ0v) is 5.80. The number of carbonyl (C=O) groups is 1. The van der Waals surface area contributed by atoms with Gasteiger partial charge < -0.3 is 5.11 Å². The molecule has 0 radical (unpaired) electrons. The Kier molecular flexibility index (Phi) is 5.59. The van der Waals surface area contributed by atoms with E-state index in [2.05, 4.69) is 0 Å². The van der Waals surface area contributed by atoms with Gasteiger partial charge in [0, 0.05) is 0 Å². The third-order valence-corrected chi connectivity index (χ3v) is 1.43. The van der Waals surface area contributed by atoms with E-state index in [1.165, 1.54) is 6.07 Å². The third kappa shape index (κ3) is 3.23. The molecular formula is C7H6ClKO2. The number of aromatic carboxylic acids is 1. The Morgan fingerprint density at radius 3 is 2.27 bits per heavy atom. The van der Waals surface area contributed by atoms with E-state index >= 15 is 0 Å². The van der Waals surface area contributed by atoms with Crippen molar-refractivity contribution in [2.24, 2.45) is 0 Å². The van der Waals surface area contributed by atoms with Gasteiger partial charge in [0.05, 0.1) is 10.6 Å². The molecule has 0 aliphatic rings. The monoisotopic (exact) mass is 196 g/mol. The van der Waals surface area contributed by atoms with Crippen molar-refractivity contribution in [3.8, 4) is 0 Å². The second kappa shape index (κ2) is 5.30. The van der Waals surface area contributed by atoms with Gasteiger partial charge in [-0.15, -0.1) is 0 Å². The Balaban J connectivity index is 0.000001000. The van der Waals surface area contributed by atoms with Crippen molar-refractivity contribution < 1.29 is 9.90 Å². The van der Waals surface area contributed by atoms with Crippen LogP contribution in [-0.4, -0.2) is 62.5 Å². The minimum absolute atomic E-state index is 0. The van der Waals surface area contributed by atoms with Gasteiger partial charge in [-0.25, -0.2) is 4.79 Å². The predicted molar refractivity (Wildman–Crippen MR) is 45.6 cm³/mol. The van der Waals surface area contributed by atoms with Crippen LogP contribution in [0.5, 0.6) is 0 Å². The second-order valence-corrected chi connectivity index (χ2v) is 2.19. The van der Waals surface area contributed by atoms with E-state index in [1.807, 2.05) is 0 Å². The van der Waals surface area contributed by atoms with Crippen molar-refractivity contribution in [1.29, 1.82) is 0 Å². The van der Waals surface area contributed by atoms with E-state index in [9.17, 15) is 4.79 Å². The number of carboxylic acids is 1. The van der Waals surface area contributed by atoms with Crippen molar-refractivity contribution in [2.75, 3.05) is 0 Å². The minimum atomic E-state index is -0.995.